The summed E-state index contributed by atoms with van der Waals surface area (Å²) in [6.45, 7) is 3.72. The molecular formula is C13H22ClN3O. The van der Waals surface area contributed by atoms with Crippen molar-refractivity contribution in [1.82, 2.24) is 9.78 Å². The Labute approximate surface area is 114 Å². The number of halogens is 1. The van der Waals surface area contributed by atoms with Crippen LogP contribution < -0.4 is 10.5 Å². The van der Waals surface area contributed by atoms with Gasteiger partial charge in [0.25, 0.3) is 5.56 Å². The third kappa shape index (κ3) is 4.69. The molecule has 0 aromatic carbocycles. The van der Waals surface area contributed by atoms with Crippen LogP contribution in [0.5, 0.6) is 0 Å². The molecule has 0 fully saturated rings. The first-order valence-corrected chi connectivity index (χ1v) is 7.06. The number of hydrogen-bond acceptors (Lipinski definition) is 3. The molecule has 0 bridgehead atoms. The second-order valence-corrected chi connectivity index (χ2v) is 4.82. The van der Waals surface area contributed by atoms with Crippen LogP contribution in [0, 0.1) is 0 Å². The van der Waals surface area contributed by atoms with Crippen molar-refractivity contribution in [3.8, 4) is 0 Å². The van der Waals surface area contributed by atoms with Gasteiger partial charge in [0.1, 0.15) is 0 Å². The van der Waals surface area contributed by atoms with Crippen molar-refractivity contribution in [2.75, 3.05) is 24.4 Å². The normalized spacial score (nSPS) is 10.6. The van der Waals surface area contributed by atoms with Gasteiger partial charge in [-0.05, 0) is 19.3 Å². The van der Waals surface area contributed by atoms with E-state index in [1.54, 1.807) is 12.3 Å². The maximum Gasteiger partial charge on any atom is 0.268 e. The minimum Gasteiger partial charge on any atom is -0.373 e. The van der Waals surface area contributed by atoms with Crippen LogP contribution in [0.3, 0.4) is 0 Å². The van der Waals surface area contributed by atoms with E-state index in [0.717, 1.165) is 37.9 Å². The molecule has 0 N–H and O–H groups in total. The topological polar surface area (TPSA) is 38.1 Å². The highest BCUT2D eigenvalue weighted by molar-refractivity contribution is 6.17. The molecule has 0 spiro atoms. The zero-order valence-electron chi connectivity index (χ0n) is 11.2. The van der Waals surface area contributed by atoms with Crippen molar-refractivity contribution in [2.24, 2.45) is 0 Å². The second-order valence-electron chi connectivity index (χ2n) is 4.45. The first kappa shape index (κ1) is 15.0. The molecule has 0 unspecified atom stereocenters. The van der Waals surface area contributed by atoms with Crippen molar-refractivity contribution in [1.29, 1.82) is 0 Å². The molecule has 0 atom stereocenters. The Balaban J connectivity index is 2.59. The van der Waals surface area contributed by atoms with Crippen LogP contribution in [0.1, 0.15) is 32.6 Å². The third-order valence-corrected chi connectivity index (χ3v) is 3.13. The van der Waals surface area contributed by atoms with E-state index in [4.69, 9.17) is 11.6 Å². The van der Waals surface area contributed by atoms with Crippen LogP contribution in [0.2, 0.25) is 0 Å². The molecular weight excluding hydrogens is 250 g/mol. The summed E-state index contributed by atoms with van der Waals surface area (Å²) in [5.74, 6) is 0.684. The zero-order valence-corrected chi connectivity index (χ0v) is 12.0. The van der Waals surface area contributed by atoms with Gasteiger partial charge in [0.05, 0.1) is 11.9 Å². The molecule has 0 saturated carbocycles. The lowest BCUT2D eigenvalue weighted by Crippen LogP contribution is -2.26. The second kappa shape index (κ2) is 8.14. The van der Waals surface area contributed by atoms with E-state index < -0.39 is 0 Å². The van der Waals surface area contributed by atoms with Crippen molar-refractivity contribution >= 4 is 17.3 Å². The van der Waals surface area contributed by atoms with Gasteiger partial charge >= 0.3 is 0 Å². The maximum absolute atomic E-state index is 11.9. The van der Waals surface area contributed by atoms with Crippen LogP contribution in [-0.2, 0) is 6.54 Å². The highest BCUT2D eigenvalue weighted by Gasteiger charge is 2.03. The van der Waals surface area contributed by atoms with Gasteiger partial charge in [0.2, 0.25) is 0 Å². The van der Waals surface area contributed by atoms with E-state index in [-0.39, 0.29) is 5.56 Å². The largest absolute Gasteiger partial charge is 0.373 e. The first-order chi connectivity index (χ1) is 8.69. The Morgan fingerprint density at radius 3 is 2.78 bits per heavy atom. The molecule has 5 heteroatoms. The van der Waals surface area contributed by atoms with E-state index in [9.17, 15) is 4.79 Å². The van der Waals surface area contributed by atoms with E-state index in [2.05, 4.69) is 12.0 Å². The van der Waals surface area contributed by atoms with E-state index >= 15 is 0 Å². The number of rotatable bonds is 8. The number of alkyl halides is 1. The SMILES string of the molecule is CCCN(C)c1cnn(CCCCCCl)c(=O)c1. The van der Waals surface area contributed by atoms with E-state index in [1.807, 2.05) is 11.9 Å². The zero-order chi connectivity index (χ0) is 13.4. The van der Waals surface area contributed by atoms with Gasteiger partial charge in [-0.1, -0.05) is 13.3 Å². The Hall–Kier alpha value is -1.03. The fourth-order valence-electron chi connectivity index (χ4n) is 1.80. The lowest BCUT2D eigenvalue weighted by atomic mass is 10.2. The summed E-state index contributed by atoms with van der Waals surface area (Å²) >= 11 is 5.61. The fourth-order valence-corrected chi connectivity index (χ4v) is 1.99. The maximum atomic E-state index is 11.9. The molecule has 4 nitrogen and oxygen atoms in total. The highest BCUT2D eigenvalue weighted by atomic mass is 35.5. The Kier molecular flexibility index (Phi) is 6.80. The Morgan fingerprint density at radius 2 is 2.17 bits per heavy atom. The Morgan fingerprint density at radius 1 is 1.39 bits per heavy atom. The third-order valence-electron chi connectivity index (χ3n) is 2.86. The lowest BCUT2D eigenvalue weighted by Gasteiger charge is -2.17. The van der Waals surface area contributed by atoms with Gasteiger partial charge in [0, 0.05) is 32.1 Å². The fraction of sp³-hybridized carbons (Fsp3) is 0.692. The molecule has 0 aliphatic carbocycles. The molecule has 0 amide bonds. The predicted octanol–water partition coefficient (Wildman–Crippen LogP) is 2.50. The lowest BCUT2D eigenvalue weighted by molar-refractivity contribution is 0.528. The molecule has 102 valence electrons. The number of anilines is 1. The summed E-state index contributed by atoms with van der Waals surface area (Å²) in [5, 5.41) is 4.21. The molecule has 0 aliphatic heterocycles. The van der Waals surface area contributed by atoms with Crippen molar-refractivity contribution < 1.29 is 0 Å². The highest BCUT2D eigenvalue weighted by Crippen LogP contribution is 2.07. The number of unbranched alkanes of at least 4 members (excludes halogenated alkanes) is 2. The molecule has 0 radical (unpaired) electrons. The standard InChI is InChI=1S/C13H22ClN3O/c1-3-8-16(2)12-10-13(18)17(15-11-12)9-6-4-5-7-14/h10-11H,3-9H2,1-2H3. The molecule has 18 heavy (non-hydrogen) atoms. The van der Waals surface area contributed by atoms with Crippen LogP contribution in [0.4, 0.5) is 5.69 Å². The van der Waals surface area contributed by atoms with Gasteiger partial charge in [-0.3, -0.25) is 4.79 Å². The molecule has 1 aromatic heterocycles. The van der Waals surface area contributed by atoms with Crippen molar-refractivity contribution in [2.45, 2.75) is 39.2 Å². The molecule has 0 saturated heterocycles. The van der Waals surface area contributed by atoms with Crippen molar-refractivity contribution in [3.05, 3.63) is 22.6 Å². The number of hydrogen-bond donors (Lipinski definition) is 0. The quantitative estimate of drug-likeness (QED) is 0.539. The molecule has 1 rings (SSSR count). The van der Waals surface area contributed by atoms with E-state index in [0.29, 0.717) is 12.4 Å². The molecule has 1 aromatic rings. The smallest absolute Gasteiger partial charge is 0.268 e. The number of aromatic nitrogens is 2. The van der Waals surface area contributed by atoms with Gasteiger partial charge in [-0.2, -0.15) is 5.10 Å². The van der Waals surface area contributed by atoms with Crippen LogP contribution >= 0.6 is 11.6 Å². The molecule has 0 aliphatic rings. The Bertz CT molecular complexity index is 405. The predicted molar refractivity (Wildman–Crippen MR) is 76.6 cm³/mol. The van der Waals surface area contributed by atoms with Crippen LogP contribution in [0.25, 0.3) is 0 Å². The van der Waals surface area contributed by atoms with Gasteiger partial charge in [0.15, 0.2) is 0 Å². The average molecular weight is 272 g/mol. The van der Waals surface area contributed by atoms with Gasteiger partial charge < -0.3 is 4.90 Å². The first-order valence-electron chi connectivity index (χ1n) is 6.53. The summed E-state index contributed by atoms with van der Waals surface area (Å²) in [7, 11) is 1.98. The summed E-state index contributed by atoms with van der Waals surface area (Å²) in [6, 6.07) is 1.66. The molecule has 1 heterocycles. The van der Waals surface area contributed by atoms with Crippen molar-refractivity contribution in [3.63, 3.8) is 0 Å². The monoisotopic (exact) mass is 271 g/mol. The minimum absolute atomic E-state index is 0.0265. The summed E-state index contributed by atoms with van der Waals surface area (Å²) in [6.07, 6.45) is 5.79. The van der Waals surface area contributed by atoms with Gasteiger partial charge in [-0.25, -0.2) is 4.68 Å². The average Bonchev–Trinajstić information content (AvgIpc) is 2.36. The number of nitrogens with zero attached hydrogens (tertiary/aromatic N) is 3. The van der Waals surface area contributed by atoms with Crippen LogP contribution in [-0.4, -0.2) is 29.3 Å². The summed E-state index contributed by atoms with van der Waals surface area (Å²) < 4.78 is 1.53. The van der Waals surface area contributed by atoms with E-state index in [1.165, 1.54) is 4.68 Å². The summed E-state index contributed by atoms with van der Waals surface area (Å²) in [4.78, 5) is 13.9. The minimum atomic E-state index is -0.0265. The van der Waals surface area contributed by atoms with Gasteiger partial charge in [-0.15, -0.1) is 11.6 Å². The van der Waals surface area contributed by atoms with Crippen LogP contribution in [0.15, 0.2) is 17.1 Å². The number of aryl methyl sites for hydroxylation is 1. The summed E-state index contributed by atoms with van der Waals surface area (Å²) in [5.41, 5.74) is 0.861.